The lowest BCUT2D eigenvalue weighted by Crippen LogP contribution is -2.43. The molecule has 7 heteroatoms. The van der Waals surface area contributed by atoms with Crippen molar-refractivity contribution >= 4 is 23.2 Å². The quantitative estimate of drug-likeness (QED) is 0.476. The van der Waals surface area contributed by atoms with Gasteiger partial charge in [-0.15, -0.1) is 11.6 Å². The molecule has 0 radical (unpaired) electrons. The van der Waals surface area contributed by atoms with Gasteiger partial charge in [0.1, 0.15) is 0 Å². The summed E-state index contributed by atoms with van der Waals surface area (Å²) in [5.74, 6) is -0.0259. The van der Waals surface area contributed by atoms with Crippen LogP contribution in [0.2, 0.25) is 0 Å². The zero-order chi connectivity index (χ0) is 16.0. The zero-order valence-corrected chi connectivity index (χ0v) is 13.1. The summed E-state index contributed by atoms with van der Waals surface area (Å²) in [7, 11) is 0. The lowest BCUT2D eigenvalue weighted by Gasteiger charge is -2.25. The van der Waals surface area contributed by atoms with E-state index in [2.05, 4.69) is 5.32 Å². The van der Waals surface area contributed by atoms with Crippen molar-refractivity contribution in [1.29, 1.82) is 0 Å². The molecule has 6 nitrogen and oxygen atoms in total. The van der Waals surface area contributed by atoms with Gasteiger partial charge in [0.2, 0.25) is 5.75 Å². The second-order valence-electron chi connectivity index (χ2n) is 5.12. The summed E-state index contributed by atoms with van der Waals surface area (Å²) in [6.07, 6.45) is 0.583. The van der Waals surface area contributed by atoms with Gasteiger partial charge in [-0.05, 0) is 33.3 Å². The minimum absolute atomic E-state index is 0.0100. The van der Waals surface area contributed by atoms with Crippen LogP contribution in [-0.4, -0.2) is 28.9 Å². The fourth-order valence-electron chi connectivity index (χ4n) is 1.82. The number of amides is 1. The van der Waals surface area contributed by atoms with Gasteiger partial charge in [-0.3, -0.25) is 14.9 Å². The number of halogens is 1. The Morgan fingerprint density at radius 1 is 1.48 bits per heavy atom. The van der Waals surface area contributed by atoms with E-state index in [0.29, 0.717) is 12.3 Å². The summed E-state index contributed by atoms with van der Waals surface area (Å²) in [6, 6.07) is 4.28. The molecule has 0 aliphatic carbocycles. The number of nitro benzene ring substituents is 1. The van der Waals surface area contributed by atoms with Crippen molar-refractivity contribution in [3.63, 3.8) is 0 Å². The first-order valence-electron chi connectivity index (χ1n) is 6.61. The summed E-state index contributed by atoms with van der Waals surface area (Å²) in [5, 5.41) is 13.8. The van der Waals surface area contributed by atoms with Crippen molar-refractivity contribution < 1.29 is 14.5 Å². The summed E-state index contributed by atoms with van der Waals surface area (Å²) >= 11 is 5.70. The average Bonchev–Trinajstić information content (AvgIpc) is 2.38. The molecule has 0 aromatic heterocycles. The van der Waals surface area contributed by atoms with Crippen LogP contribution >= 0.6 is 11.6 Å². The van der Waals surface area contributed by atoms with Crippen molar-refractivity contribution in [1.82, 2.24) is 5.32 Å². The number of para-hydroxylation sites is 1. The highest BCUT2D eigenvalue weighted by atomic mass is 35.5. The predicted octanol–water partition coefficient (Wildman–Crippen LogP) is 3.13. The number of nitrogens with zero attached hydrogens (tertiary/aromatic N) is 1. The van der Waals surface area contributed by atoms with E-state index in [9.17, 15) is 14.9 Å². The third-order valence-corrected chi connectivity index (χ3v) is 3.08. The molecular weight excluding hydrogens is 296 g/mol. The Morgan fingerprint density at radius 2 is 2.14 bits per heavy atom. The summed E-state index contributed by atoms with van der Waals surface area (Å²) < 4.78 is 5.30. The number of nitrogens with one attached hydrogen (secondary N) is 1. The Kier molecular flexibility index (Phi) is 5.96. The molecule has 116 valence electrons. The molecule has 0 aliphatic heterocycles. The van der Waals surface area contributed by atoms with Crippen molar-refractivity contribution in [2.24, 2.45) is 0 Å². The van der Waals surface area contributed by atoms with Crippen LogP contribution in [0, 0.1) is 10.1 Å². The molecule has 0 saturated carbocycles. The van der Waals surface area contributed by atoms with Gasteiger partial charge in [0.15, 0.2) is 0 Å². The first-order valence-corrected chi connectivity index (χ1v) is 7.14. The van der Waals surface area contributed by atoms with Crippen molar-refractivity contribution in [2.75, 3.05) is 12.5 Å². The maximum atomic E-state index is 12.3. The first-order chi connectivity index (χ1) is 9.82. The normalized spacial score (nSPS) is 11.0. The Hall–Kier alpha value is -1.82. The highest BCUT2D eigenvalue weighted by molar-refractivity contribution is 6.17. The molecule has 0 bridgehead atoms. The fraction of sp³-hybridized carbons (Fsp3) is 0.500. The predicted molar refractivity (Wildman–Crippen MR) is 81.1 cm³/mol. The van der Waals surface area contributed by atoms with Gasteiger partial charge in [0.05, 0.1) is 17.1 Å². The van der Waals surface area contributed by atoms with E-state index in [1.807, 2.05) is 13.8 Å². The van der Waals surface area contributed by atoms with Crippen LogP contribution < -0.4 is 10.1 Å². The van der Waals surface area contributed by atoms with E-state index in [1.165, 1.54) is 18.2 Å². The van der Waals surface area contributed by atoms with E-state index in [-0.39, 0.29) is 23.6 Å². The number of hydrogen-bond donors (Lipinski definition) is 1. The minimum Gasteiger partial charge on any atom is -0.487 e. The molecule has 1 aromatic rings. The number of carbonyl (C=O) groups excluding carboxylic acids is 1. The van der Waals surface area contributed by atoms with E-state index in [4.69, 9.17) is 16.3 Å². The largest absolute Gasteiger partial charge is 0.487 e. The van der Waals surface area contributed by atoms with Crippen molar-refractivity contribution in [3.8, 4) is 5.75 Å². The van der Waals surface area contributed by atoms with Gasteiger partial charge < -0.3 is 10.1 Å². The fourth-order valence-corrected chi connectivity index (χ4v) is 2.29. The molecule has 0 fully saturated rings. The van der Waals surface area contributed by atoms with Gasteiger partial charge in [-0.2, -0.15) is 0 Å². The Morgan fingerprint density at radius 3 is 2.67 bits per heavy atom. The highest BCUT2D eigenvalue weighted by Gasteiger charge is 2.26. The molecule has 0 spiro atoms. The molecule has 1 N–H and O–H groups in total. The number of nitro groups is 1. The van der Waals surface area contributed by atoms with Crippen LogP contribution in [0.5, 0.6) is 5.75 Å². The molecule has 0 atom stereocenters. The molecule has 0 saturated heterocycles. The SMILES string of the molecule is CCOc1c(C(=O)NC(C)(C)CCCl)cccc1[N+](=O)[O-]. The first kappa shape index (κ1) is 17.2. The summed E-state index contributed by atoms with van der Waals surface area (Å²) in [6.45, 7) is 5.61. The highest BCUT2D eigenvalue weighted by Crippen LogP contribution is 2.31. The molecule has 1 rings (SSSR count). The summed E-state index contributed by atoms with van der Waals surface area (Å²) in [5.41, 5.74) is -0.583. The molecule has 21 heavy (non-hydrogen) atoms. The van der Waals surface area contributed by atoms with Gasteiger partial charge in [-0.25, -0.2) is 0 Å². The van der Waals surface area contributed by atoms with Crippen LogP contribution in [0.1, 0.15) is 37.6 Å². The number of carbonyl (C=O) groups is 1. The van der Waals surface area contributed by atoms with Gasteiger partial charge in [-0.1, -0.05) is 6.07 Å². The number of rotatable bonds is 7. The Balaban J connectivity index is 3.14. The topological polar surface area (TPSA) is 81.5 Å². The lowest BCUT2D eigenvalue weighted by molar-refractivity contribution is -0.385. The number of alkyl halides is 1. The third-order valence-electron chi connectivity index (χ3n) is 2.90. The van der Waals surface area contributed by atoms with Crippen LogP contribution in [0.15, 0.2) is 18.2 Å². The van der Waals surface area contributed by atoms with Gasteiger partial charge in [0.25, 0.3) is 5.91 Å². The number of benzene rings is 1. The maximum absolute atomic E-state index is 12.3. The maximum Gasteiger partial charge on any atom is 0.311 e. The number of hydrogen-bond acceptors (Lipinski definition) is 4. The van der Waals surface area contributed by atoms with Crippen LogP contribution in [0.25, 0.3) is 0 Å². The molecule has 0 aliphatic rings. The standard InChI is InChI=1S/C14H19ClN2O4/c1-4-21-12-10(6-5-7-11(12)17(19)20)13(18)16-14(2,3)8-9-15/h5-7H,4,8-9H2,1-3H3,(H,16,18). The molecular formula is C14H19ClN2O4. The minimum atomic E-state index is -0.564. The third kappa shape index (κ3) is 4.60. The lowest BCUT2D eigenvalue weighted by atomic mass is 10.0. The van der Waals surface area contributed by atoms with Crippen molar-refractivity contribution in [2.45, 2.75) is 32.7 Å². The van der Waals surface area contributed by atoms with E-state index in [0.717, 1.165) is 0 Å². The molecule has 0 unspecified atom stereocenters. The smallest absolute Gasteiger partial charge is 0.311 e. The van der Waals surface area contributed by atoms with E-state index >= 15 is 0 Å². The van der Waals surface area contributed by atoms with Crippen LogP contribution in [-0.2, 0) is 0 Å². The average molecular weight is 315 g/mol. The summed E-state index contributed by atoms with van der Waals surface area (Å²) in [4.78, 5) is 22.8. The van der Waals surface area contributed by atoms with Gasteiger partial charge in [0, 0.05) is 17.5 Å². The van der Waals surface area contributed by atoms with Gasteiger partial charge >= 0.3 is 5.69 Å². The monoisotopic (exact) mass is 314 g/mol. The van der Waals surface area contributed by atoms with E-state index in [1.54, 1.807) is 6.92 Å². The molecule has 1 aromatic carbocycles. The second kappa shape index (κ2) is 7.26. The Bertz CT molecular complexity index is 532. The molecule has 0 heterocycles. The second-order valence-corrected chi connectivity index (χ2v) is 5.50. The van der Waals surface area contributed by atoms with Crippen LogP contribution in [0.3, 0.4) is 0 Å². The number of ether oxygens (including phenoxy) is 1. The Labute approximate surface area is 128 Å². The van der Waals surface area contributed by atoms with Crippen LogP contribution in [0.4, 0.5) is 5.69 Å². The van der Waals surface area contributed by atoms with Crippen molar-refractivity contribution in [3.05, 3.63) is 33.9 Å². The molecule has 1 amide bonds. The zero-order valence-electron chi connectivity index (χ0n) is 12.3. The van der Waals surface area contributed by atoms with E-state index < -0.39 is 16.4 Å².